The number of amides is 2. The Morgan fingerprint density at radius 1 is 1.19 bits per heavy atom. The van der Waals surface area contributed by atoms with Crippen LogP contribution in [0.15, 0.2) is 30.5 Å². The molecule has 1 aromatic heterocycles. The minimum atomic E-state index is -0.138. The van der Waals surface area contributed by atoms with Gasteiger partial charge in [0.2, 0.25) is 5.91 Å². The predicted octanol–water partition coefficient (Wildman–Crippen LogP) is 3.71. The van der Waals surface area contributed by atoms with E-state index in [1.807, 2.05) is 43.0 Å². The fraction of sp³-hybridized carbons (Fsp3) is 0.500. The summed E-state index contributed by atoms with van der Waals surface area (Å²) >= 11 is 0. The van der Waals surface area contributed by atoms with Gasteiger partial charge in [0, 0.05) is 33.3 Å². The largest absolute Gasteiger partial charge is 0.493 e. The van der Waals surface area contributed by atoms with Crippen LogP contribution in [0.3, 0.4) is 0 Å². The van der Waals surface area contributed by atoms with Crippen LogP contribution in [0.5, 0.6) is 5.75 Å². The van der Waals surface area contributed by atoms with Gasteiger partial charge in [-0.1, -0.05) is 18.2 Å². The van der Waals surface area contributed by atoms with Gasteiger partial charge in [-0.2, -0.15) is 0 Å². The number of hydrogen-bond acceptors (Lipinski definition) is 5. The topological polar surface area (TPSA) is 75.6 Å². The van der Waals surface area contributed by atoms with Crippen molar-refractivity contribution < 1.29 is 14.3 Å². The molecule has 31 heavy (non-hydrogen) atoms. The van der Waals surface area contributed by atoms with Crippen LogP contribution in [0.25, 0.3) is 0 Å². The minimum absolute atomic E-state index is 0.104. The van der Waals surface area contributed by atoms with Crippen LogP contribution < -0.4 is 4.74 Å². The normalized spacial score (nSPS) is 16.1. The molecule has 7 nitrogen and oxygen atoms in total. The van der Waals surface area contributed by atoms with Crippen molar-refractivity contribution in [3.8, 4) is 5.75 Å². The SMILES string of the molecule is Cc1ccccc1OCCCC(=O)N1CCCCC1c1ncc(C(=O)N(C)C)c(C)n1. The van der Waals surface area contributed by atoms with Gasteiger partial charge in [0.15, 0.2) is 5.82 Å². The molecule has 0 N–H and O–H groups in total. The van der Waals surface area contributed by atoms with E-state index in [0.717, 1.165) is 30.6 Å². The zero-order valence-electron chi connectivity index (χ0n) is 18.9. The molecule has 166 valence electrons. The van der Waals surface area contributed by atoms with E-state index in [1.54, 1.807) is 20.3 Å². The second-order valence-electron chi connectivity index (χ2n) is 8.24. The summed E-state index contributed by atoms with van der Waals surface area (Å²) in [7, 11) is 3.42. The van der Waals surface area contributed by atoms with Crippen LogP contribution in [0, 0.1) is 13.8 Å². The summed E-state index contributed by atoms with van der Waals surface area (Å²) in [4.78, 5) is 37.7. The Balaban J connectivity index is 1.62. The van der Waals surface area contributed by atoms with Crippen LogP contribution in [-0.2, 0) is 4.79 Å². The van der Waals surface area contributed by atoms with E-state index in [9.17, 15) is 9.59 Å². The van der Waals surface area contributed by atoms with Crippen LogP contribution in [-0.4, -0.2) is 58.8 Å². The lowest BCUT2D eigenvalue weighted by molar-refractivity contribution is -0.135. The Hall–Kier alpha value is -2.96. The molecule has 1 aromatic carbocycles. The smallest absolute Gasteiger partial charge is 0.256 e. The highest BCUT2D eigenvalue weighted by atomic mass is 16.5. The van der Waals surface area contributed by atoms with E-state index >= 15 is 0 Å². The number of rotatable bonds is 7. The van der Waals surface area contributed by atoms with E-state index in [4.69, 9.17) is 4.74 Å². The van der Waals surface area contributed by atoms with Crippen LogP contribution >= 0.6 is 0 Å². The summed E-state index contributed by atoms with van der Waals surface area (Å²) in [6.07, 6.45) is 5.54. The number of ether oxygens (including phenoxy) is 1. The molecular weight excluding hydrogens is 392 g/mol. The van der Waals surface area contributed by atoms with Crippen molar-refractivity contribution in [3.05, 3.63) is 53.1 Å². The van der Waals surface area contributed by atoms with Gasteiger partial charge in [0.25, 0.3) is 5.91 Å². The molecule has 2 heterocycles. The van der Waals surface area contributed by atoms with Gasteiger partial charge in [-0.25, -0.2) is 9.97 Å². The summed E-state index contributed by atoms with van der Waals surface area (Å²) in [6.45, 7) is 5.05. The maximum absolute atomic E-state index is 13.0. The van der Waals surface area contributed by atoms with Gasteiger partial charge in [-0.15, -0.1) is 0 Å². The summed E-state index contributed by atoms with van der Waals surface area (Å²) < 4.78 is 5.83. The predicted molar refractivity (Wildman–Crippen MR) is 119 cm³/mol. The summed E-state index contributed by atoms with van der Waals surface area (Å²) in [5, 5.41) is 0. The van der Waals surface area contributed by atoms with E-state index < -0.39 is 0 Å². The molecule has 0 aliphatic carbocycles. The Morgan fingerprint density at radius 3 is 2.68 bits per heavy atom. The van der Waals surface area contributed by atoms with E-state index in [0.29, 0.717) is 43.1 Å². The van der Waals surface area contributed by atoms with Gasteiger partial charge in [-0.05, 0) is 51.2 Å². The first-order valence-electron chi connectivity index (χ1n) is 10.9. The second kappa shape index (κ2) is 10.4. The van der Waals surface area contributed by atoms with Gasteiger partial charge in [0.05, 0.1) is 23.9 Å². The third-order valence-corrected chi connectivity index (χ3v) is 5.64. The van der Waals surface area contributed by atoms with Crippen molar-refractivity contribution in [2.75, 3.05) is 27.2 Å². The molecule has 1 unspecified atom stereocenters. The number of aromatic nitrogens is 2. The summed E-state index contributed by atoms with van der Waals surface area (Å²) in [5.41, 5.74) is 2.23. The molecule has 2 amide bonds. The average molecular weight is 425 g/mol. The molecule has 1 aliphatic rings. The third-order valence-electron chi connectivity index (χ3n) is 5.64. The number of piperidine rings is 1. The molecule has 0 spiro atoms. The lowest BCUT2D eigenvalue weighted by Gasteiger charge is -2.35. The quantitative estimate of drug-likeness (QED) is 0.634. The van der Waals surface area contributed by atoms with Gasteiger partial charge < -0.3 is 14.5 Å². The second-order valence-corrected chi connectivity index (χ2v) is 8.24. The highest BCUT2D eigenvalue weighted by Gasteiger charge is 2.30. The lowest BCUT2D eigenvalue weighted by atomic mass is 10.00. The molecule has 1 saturated heterocycles. The highest BCUT2D eigenvalue weighted by molar-refractivity contribution is 5.94. The number of benzene rings is 1. The molecule has 1 aliphatic heterocycles. The highest BCUT2D eigenvalue weighted by Crippen LogP contribution is 2.30. The number of nitrogens with zero attached hydrogens (tertiary/aromatic N) is 4. The number of hydrogen-bond donors (Lipinski definition) is 0. The zero-order valence-corrected chi connectivity index (χ0v) is 18.9. The van der Waals surface area contributed by atoms with E-state index in [1.165, 1.54) is 4.90 Å². The number of carbonyl (C=O) groups excluding carboxylic acids is 2. The van der Waals surface area contributed by atoms with Gasteiger partial charge in [0.1, 0.15) is 5.75 Å². The first-order valence-corrected chi connectivity index (χ1v) is 10.9. The molecule has 3 rings (SSSR count). The first kappa shape index (κ1) is 22.7. The fourth-order valence-corrected chi connectivity index (χ4v) is 3.86. The van der Waals surface area contributed by atoms with Crippen LogP contribution in [0.4, 0.5) is 0 Å². The van der Waals surface area contributed by atoms with Gasteiger partial charge >= 0.3 is 0 Å². The van der Waals surface area contributed by atoms with Crippen molar-refractivity contribution in [2.45, 2.75) is 52.0 Å². The first-order chi connectivity index (χ1) is 14.9. The molecule has 0 saturated carbocycles. The Bertz CT molecular complexity index is 929. The summed E-state index contributed by atoms with van der Waals surface area (Å²) in [5.74, 6) is 1.47. The Labute approximate surface area is 184 Å². The minimum Gasteiger partial charge on any atom is -0.493 e. The van der Waals surface area contributed by atoms with Crippen molar-refractivity contribution >= 4 is 11.8 Å². The monoisotopic (exact) mass is 424 g/mol. The summed E-state index contributed by atoms with van der Waals surface area (Å²) in [6, 6.07) is 7.75. The van der Waals surface area contributed by atoms with Crippen molar-refractivity contribution in [3.63, 3.8) is 0 Å². The standard InChI is InChI=1S/C24H32N4O3/c1-17-10-5-6-12-21(17)31-15-9-13-22(29)28-14-8-7-11-20(28)23-25-16-19(18(2)26-23)24(30)27(3)4/h5-6,10,12,16,20H,7-9,11,13-15H2,1-4H3. The Kier molecular flexibility index (Phi) is 7.60. The molecule has 2 aromatic rings. The van der Waals surface area contributed by atoms with E-state index in [-0.39, 0.29) is 17.9 Å². The number of carbonyl (C=O) groups is 2. The zero-order chi connectivity index (χ0) is 22.4. The molecule has 0 bridgehead atoms. The number of likely N-dealkylation sites (tertiary alicyclic amines) is 1. The van der Waals surface area contributed by atoms with Gasteiger partial charge in [-0.3, -0.25) is 9.59 Å². The number of para-hydroxylation sites is 1. The molecule has 0 radical (unpaired) electrons. The lowest BCUT2D eigenvalue weighted by Crippen LogP contribution is -2.39. The molecule has 7 heteroatoms. The van der Waals surface area contributed by atoms with E-state index in [2.05, 4.69) is 9.97 Å². The van der Waals surface area contributed by atoms with Crippen LogP contribution in [0.1, 0.15) is 65.6 Å². The maximum Gasteiger partial charge on any atom is 0.256 e. The van der Waals surface area contributed by atoms with Crippen molar-refractivity contribution in [1.29, 1.82) is 0 Å². The van der Waals surface area contributed by atoms with Crippen molar-refractivity contribution in [2.24, 2.45) is 0 Å². The average Bonchev–Trinajstić information content (AvgIpc) is 2.77. The molecule has 1 atom stereocenters. The van der Waals surface area contributed by atoms with Crippen molar-refractivity contribution in [1.82, 2.24) is 19.8 Å². The van der Waals surface area contributed by atoms with Crippen LogP contribution in [0.2, 0.25) is 0 Å². The fourth-order valence-electron chi connectivity index (χ4n) is 3.86. The number of aryl methyl sites for hydroxylation is 2. The Morgan fingerprint density at radius 2 is 1.97 bits per heavy atom. The molecular formula is C24H32N4O3. The third kappa shape index (κ3) is 5.60. The maximum atomic E-state index is 13.0. The molecule has 1 fully saturated rings.